The molecule has 0 radical (unpaired) electrons. The molecule has 0 aromatic heterocycles. The zero-order chi connectivity index (χ0) is 19.4. The second-order valence-corrected chi connectivity index (χ2v) is 5.27. The quantitative estimate of drug-likeness (QED) is 0.700. The van der Waals surface area contributed by atoms with E-state index in [0.717, 1.165) is 5.56 Å². The van der Waals surface area contributed by atoms with Crippen LogP contribution >= 0.6 is 0 Å². The predicted molar refractivity (Wildman–Crippen MR) is 105 cm³/mol. The average Bonchev–Trinajstić information content (AvgIpc) is 2.70. The minimum atomic E-state index is -0.950. The van der Waals surface area contributed by atoms with E-state index in [0.29, 0.717) is 6.61 Å². The fourth-order valence-electron chi connectivity index (χ4n) is 2.25. The first-order chi connectivity index (χ1) is 12.6. The van der Waals surface area contributed by atoms with Crippen molar-refractivity contribution in [2.75, 3.05) is 7.11 Å². The molecule has 0 aliphatic carbocycles. The van der Waals surface area contributed by atoms with Crippen LogP contribution in [0.4, 0.5) is 0 Å². The number of ether oxygens (including phenoxy) is 1. The molecule has 0 bridgehead atoms. The lowest BCUT2D eigenvalue weighted by atomic mass is 10.1. The van der Waals surface area contributed by atoms with E-state index in [-0.39, 0.29) is 12.2 Å². The van der Waals surface area contributed by atoms with Crippen LogP contribution in [0.25, 0.3) is 10.8 Å². The van der Waals surface area contributed by atoms with E-state index in [1.165, 1.54) is 28.5 Å². The molecule has 0 atom stereocenters. The van der Waals surface area contributed by atoms with Crippen LogP contribution in [0.5, 0.6) is 0 Å². The zero-order valence-electron chi connectivity index (χ0n) is 15.5. The summed E-state index contributed by atoms with van der Waals surface area (Å²) in [5.74, 6) is -0.950. The maximum atomic E-state index is 10.3. The third-order valence-corrected chi connectivity index (χ3v) is 3.51. The fraction of sp³-hybridized carbons (Fsp3) is 0.227. The highest BCUT2D eigenvalue weighted by atomic mass is 16.5. The number of aliphatic hydroxyl groups excluding tert-OH is 1. The van der Waals surface area contributed by atoms with Gasteiger partial charge in [-0.1, -0.05) is 62.4 Å². The van der Waals surface area contributed by atoms with E-state index >= 15 is 0 Å². The summed E-state index contributed by atoms with van der Waals surface area (Å²) in [6.07, 6.45) is 0. The molecule has 26 heavy (non-hydrogen) atoms. The number of hydrogen-bond acceptors (Lipinski definition) is 3. The van der Waals surface area contributed by atoms with Gasteiger partial charge in [0.25, 0.3) is 0 Å². The smallest absolute Gasteiger partial charge is 0.335 e. The number of aromatic carboxylic acids is 1. The summed E-state index contributed by atoms with van der Waals surface area (Å²) in [4.78, 5) is 10.3. The molecule has 0 heterocycles. The van der Waals surface area contributed by atoms with Gasteiger partial charge in [0.15, 0.2) is 0 Å². The van der Waals surface area contributed by atoms with Crippen molar-refractivity contribution in [1.82, 2.24) is 0 Å². The summed E-state index contributed by atoms with van der Waals surface area (Å²) in [6.45, 7) is 4.63. The number of rotatable bonds is 4. The van der Waals surface area contributed by atoms with Crippen molar-refractivity contribution in [3.8, 4) is 0 Å². The van der Waals surface area contributed by atoms with Gasteiger partial charge in [-0.05, 0) is 40.1 Å². The van der Waals surface area contributed by atoms with Gasteiger partial charge >= 0.3 is 5.97 Å². The Labute approximate surface area is 154 Å². The molecule has 0 aliphatic rings. The molecule has 0 spiro atoms. The van der Waals surface area contributed by atoms with Gasteiger partial charge in [-0.3, -0.25) is 0 Å². The Kier molecular flexibility index (Phi) is 9.69. The molecule has 4 heteroatoms. The second-order valence-electron chi connectivity index (χ2n) is 5.27. The molecule has 3 aromatic carbocycles. The second kappa shape index (κ2) is 11.8. The van der Waals surface area contributed by atoms with E-state index in [4.69, 9.17) is 14.9 Å². The minimum Gasteiger partial charge on any atom is -0.478 e. The Hall–Kier alpha value is -2.69. The highest BCUT2D eigenvalue weighted by molar-refractivity contribution is 5.87. The Morgan fingerprint density at radius 3 is 2.00 bits per heavy atom. The summed E-state index contributed by atoms with van der Waals surface area (Å²) >= 11 is 0. The number of carboxylic acids is 1. The van der Waals surface area contributed by atoms with Crippen LogP contribution in [-0.2, 0) is 18.0 Å². The molecule has 0 saturated heterocycles. The summed E-state index contributed by atoms with van der Waals surface area (Å²) in [5.41, 5.74) is 2.18. The highest BCUT2D eigenvalue weighted by Crippen LogP contribution is 2.15. The van der Waals surface area contributed by atoms with Crippen LogP contribution in [0, 0.1) is 0 Å². The van der Waals surface area contributed by atoms with Crippen LogP contribution < -0.4 is 0 Å². The van der Waals surface area contributed by atoms with Gasteiger partial charge in [-0.15, -0.1) is 0 Å². The third kappa shape index (κ3) is 6.67. The van der Waals surface area contributed by atoms with Crippen LogP contribution in [0.3, 0.4) is 0 Å². The number of carboxylic acid groups (broad SMARTS) is 1. The molecule has 4 nitrogen and oxygen atoms in total. The first-order valence-electron chi connectivity index (χ1n) is 8.53. The molecule has 3 rings (SSSR count). The summed E-state index contributed by atoms with van der Waals surface area (Å²) in [6, 6.07) is 20.8. The number of benzene rings is 3. The first-order valence-corrected chi connectivity index (χ1v) is 8.53. The Morgan fingerprint density at radius 1 is 0.885 bits per heavy atom. The monoisotopic (exact) mass is 354 g/mol. The van der Waals surface area contributed by atoms with Gasteiger partial charge in [0.1, 0.15) is 0 Å². The molecule has 0 amide bonds. The molecule has 3 aromatic rings. The average molecular weight is 354 g/mol. The number of hydrogen-bond donors (Lipinski definition) is 2. The molecular weight excluding hydrogens is 328 g/mol. The maximum absolute atomic E-state index is 10.3. The van der Waals surface area contributed by atoms with Gasteiger partial charge in [0.05, 0.1) is 18.8 Å². The van der Waals surface area contributed by atoms with Crippen LogP contribution in [-0.4, -0.2) is 23.3 Å². The zero-order valence-corrected chi connectivity index (χ0v) is 15.5. The Bertz CT molecular complexity index is 795. The fourth-order valence-corrected chi connectivity index (χ4v) is 2.25. The molecular formula is C22H26O4. The van der Waals surface area contributed by atoms with E-state index in [1.807, 2.05) is 13.8 Å². The standard InChI is InChI=1S/C12H12O.C8H8O3.C2H6/c1-13-9-10-6-7-11-4-2-3-5-12(11)8-10;9-5-6-1-3-7(4-2-6)8(10)11;1-2/h2-8H,9H2,1H3;1-4,9H,5H2,(H,10,11);1-2H3. The van der Waals surface area contributed by atoms with Crippen molar-refractivity contribution < 1.29 is 19.7 Å². The largest absolute Gasteiger partial charge is 0.478 e. The minimum absolute atomic E-state index is 0.0557. The van der Waals surface area contributed by atoms with Gasteiger partial charge in [0, 0.05) is 7.11 Å². The molecule has 138 valence electrons. The van der Waals surface area contributed by atoms with E-state index in [1.54, 1.807) is 19.2 Å². The predicted octanol–water partition coefficient (Wildman–Crippen LogP) is 4.89. The van der Waals surface area contributed by atoms with Gasteiger partial charge in [-0.2, -0.15) is 0 Å². The first kappa shape index (κ1) is 21.4. The van der Waals surface area contributed by atoms with E-state index < -0.39 is 5.97 Å². The Morgan fingerprint density at radius 2 is 1.46 bits per heavy atom. The lowest BCUT2D eigenvalue weighted by molar-refractivity contribution is 0.0697. The number of aliphatic hydroxyl groups is 1. The molecule has 0 aliphatic heterocycles. The van der Waals surface area contributed by atoms with Crippen LogP contribution in [0.2, 0.25) is 0 Å². The molecule has 0 fully saturated rings. The van der Waals surface area contributed by atoms with E-state index in [9.17, 15) is 4.79 Å². The third-order valence-electron chi connectivity index (χ3n) is 3.51. The van der Waals surface area contributed by atoms with Crippen molar-refractivity contribution in [2.24, 2.45) is 0 Å². The normalized spacial score (nSPS) is 9.54. The molecule has 0 unspecified atom stereocenters. The van der Waals surface area contributed by atoms with Crippen molar-refractivity contribution >= 4 is 16.7 Å². The summed E-state index contributed by atoms with van der Waals surface area (Å²) in [5, 5.41) is 19.7. The SMILES string of the molecule is CC.COCc1ccc2ccccc2c1.O=C(O)c1ccc(CO)cc1. The highest BCUT2D eigenvalue weighted by Gasteiger charge is 2.00. The topological polar surface area (TPSA) is 66.8 Å². The number of carbonyl (C=O) groups is 1. The van der Waals surface area contributed by atoms with Crippen LogP contribution in [0.1, 0.15) is 35.3 Å². The molecule has 2 N–H and O–H groups in total. The van der Waals surface area contributed by atoms with Crippen molar-refractivity contribution in [1.29, 1.82) is 0 Å². The number of methoxy groups -OCH3 is 1. The Balaban J connectivity index is 0.000000241. The summed E-state index contributed by atoms with van der Waals surface area (Å²) < 4.78 is 5.08. The van der Waals surface area contributed by atoms with Crippen molar-refractivity contribution in [3.63, 3.8) is 0 Å². The van der Waals surface area contributed by atoms with E-state index in [2.05, 4.69) is 42.5 Å². The van der Waals surface area contributed by atoms with Gasteiger partial charge in [0.2, 0.25) is 0 Å². The maximum Gasteiger partial charge on any atom is 0.335 e. The van der Waals surface area contributed by atoms with Crippen molar-refractivity contribution in [2.45, 2.75) is 27.1 Å². The number of fused-ring (bicyclic) bond motifs is 1. The van der Waals surface area contributed by atoms with Crippen molar-refractivity contribution in [3.05, 3.63) is 83.4 Å². The lowest BCUT2D eigenvalue weighted by Crippen LogP contribution is -1.95. The van der Waals surface area contributed by atoms with Gasteiger partial charge < -0.3 is 14.9 Å². The van der Waals surface area contributed by atoms with Crippen LogP contribution in [0.15, 0.2) is 66.7 Å². The van der Waals surface area contributed by atoms with Gasteiger partial charge in [-0.25, -0.2) is 4.79 Å². The molecule has 0 saturated carbocycles. The summed E-state index contributed by atoms with van der Waals surface area (Å²) in [7, 11) is 1.72. The lowest BCUT2D eigenvalue weighted by Gasteiger charge is -2.01.